The monoisotopic (exact) mass is 218 g/mol. The van der Waals surface area contributed by atoms with E-state index in [1.807, 2.05) is 0 Å². The summed E-state index contributed by atoms with van der Waals surface area (Å²) in [7, 11) is -1.85. The van der Waals surface area contributed by atoms with Crippen LogP contribution in [0.15, 0.2) is 0 Å². The molecule has 0 aromatic heterocycles. The molecule has 3 heteroatoms. The average Bonchev–Trinajstić information content (AvgIpc) is 2.04. The van der Waals surface area contributed by atoms with E-state index < -0.39 is 8.56 Å². The smallest absolute Gasteiger partial charge is 0.335 e. The van der Waals surface area contributed by atoms with Crippen molar-refractivity contribution in [3.8, 4) is 0 Å². The van der Waals surface area contributed by atoms with Crippen LogP contribution >= 0.6 is 0 Å². The molecule has 0 aliphatic heterocycles. The minimum atomic E-state index is -1.85. The van der Waals surface area contributed by atoms with E-state index in [-0.39, 0.29) is 0 Å². The Bertz CT molecular complexity index is 133. The molecule has 2 atom stereocenters. The first-order valence-electron chi connectivity index (χ1n) is 5.89. The van der Waals surface area contributed by atoms with Gasteiger partial charge in [-0.25, -0.2) is 0 Å². The van der Waals surface area contributed by atoms with E-state index in [9.17, 15) is 0 Å². The molecule has 0 rings (SSSR count). The van der Waals surface area contributed by atoms with Gasteiger partial charge in [0.2, 0.25) is 0 Å². The van der Waals surface area contributed by atoms with E-state index in [4.69, 9.17) is 8.85 Å². The highest BCUT2D eigenvalue weighted by molar-refractivity contribution is 6.66. The third-order valence-electron chi connectivity index (χ3n) is 2.30. The highest BCUT2D eigenvalue weighted by atomic mass is 28.4. The highest BCUT2D eigenvalue weighted by Gasteiger charge is 2.31. The van der Waals surface area contributed by atoms with Crippen molar-refractivity contribution in [3.63, 3.8) is 0 Å². The van der Waals surface area contributed by atoms with Crippen molar-refractivity contribution in [1.29, 1.82) is 0 Å². The summed E-state index contributed by atoms with van der Waals surface area (Å²) in [5.74, 6) is 0. The van der Waals surface area contributed by atoms with Gasteiger partial charge in [0.25, 0.3) is 0 Å². The molecule has 0 N–H and O–H groups in total. The summed E-state index contributed by atoms with van der Waals surface area (Å²) in [6, 6.07) is 1.11. The molecule has 0 aromatic carbocycles. The molecule has 0 saturated heterocycles. The van der Waals surface area contributed by atoms with Gasteiger partial charge in [-0.1, -0.05) is 26.7 Å². The SMILES string of the molecule is CCCC(C)O[Si](C)(CCC)OCC. The van der Waals surface area contributed by atoms with Crippen LogP contribution in [0, 0.1) is 0 Å². The second-order valence-electron chi connectivity index (χ2n) is 4.03. The van der Waals surface area contributed by atoms with Crippen molar-refractivity contribution < 1.29 is 8.85 Å². The second-order valence-corrected chi connectivity index (χ2v) is 7.33. The predicted octanol–water partition coefficient (Wildman–Crippen LogP) is 3.71. The van der Waals surface area contributed by atoms with Crippen LogP contribution in [-0.2, 0) is 8.85 Å². The van der Waals surface area contributed by atoms with Gasteiger partial charge in [-0.15, -0.1) is 0 Å². The molecular weight excluding hydrogens is 192 g/mol. The van der Waals surface area contributed by atoms with Gasteiger partial charge < -0.3 is 8.85 Å². The Hall–Kier alpha value is 0.137. The van der Waals surface area contributed by atoms with Crippen LogP contribution in [-0.4, -0.2) is 21.3 Å². The lowest BCUT2D eigenvalue weighted by Gasteiger charge is -2.29. The van der Waals surface area contributed by atoms with Crippen molar-refractivity contribution >= 4 is 8.56 Å². The Kier molecular flexibility index (Phi) is 7.50. The van der Waals surface area contributed by atoms with E-state index in [1.165, 1.54) is 6.42 Å². The second kappa shape index (κ2) is 7.43. The zero-order chi connectivity index (χ0) is 11.0. The summed E-state index contributed by atoms with van der Waals surface area (Å²) in [5, 5.41) is 0. The normalized spacial score (nSPS) is 17.8. The van der Waals surface area contributed by atoms with Crippen LogP contribution in [0.3, 0.4) is 0 Å². The van der Waals surface area contributed by atoms with Crippen LogP contribution in [0.4, 0.5) is 0 Å². The summed E-state index contributed by atoms with van der Waals surface area (Å²) >= 11 is 0. The molecule has 0 heterocycles. The maximum atomic E-state index is 6.08. The molecule has 0 radical (unpaired) electrons. The molecule has 0 aliphatic rings. The first-order valence-corrected chi connectivity index (χ1v) is 8.42. The fourth-order valence-electron chi connectivity index (χ4n) is 1.82. The standard InChI is InChI=1S/C11H26O2Si/c1-6-9-11(4)13-14(5,10-7-2)12-8-3/h11H,6-10H2,1-5H3. The van der Waals surface area contributed by atoms with E-state index in [0.717, 1.165) is 25.5 Å². The van der Waals surface area contributed by atoms with Gasteiger partial charge in [-0.3, -0.25) is 0 Å². The van der Waals surface area contributed by atoms with E-state index in [1.54, 1.807) is 0 Å². The lowest BCUT2D eigenvalue weighted by atomic mass is 10.2. The minimum absolute atomic E-state index is 0.356. The molecule has 2 unspecified atom stereocenters. The Morgan fingerprint density at radius 1 is 1.14 bits per heavy atom. The summed E-state index contributed by atoms with van der Waals surface area (Å²) in [6.07, 6.45) is 3.83. The van der Waals surface area contributed by atoms with Crippen molar-refractivity contribution in [3.05, 3.63) is 0 Å². The molecule has 0 spiro atoms. The van der Waals surface area contributed by atoms with Crippen molar-refractivity contribution in [2.75, 3.05) is 6.61 Å². The fraction of sp³-hybridized carbons (Fsp3) is 1.00. The Balaban J connectivity index is 4.05. The minimum Gasteiger partial charge on any atom is -0.395 e. The van der Waals surface area contributed by atoms with Gasteiger partial charge in [0.05, 0.1) is 0 Å². The fourth-order valence-corrected chi connectivity index (χ4v) is 4.63. The van der Waals surface area contributed by atoms with Gasteiger partial charge in [-0.2, -0.15) is 0 Å². The Morgan fingerprint density at radius 2 is 1.79 bits per heavy atom. The van der Waals surface area contributed by atoms with E-state index >= 15 is 0 Å². The molecule has 14 heavy (non-hydrogen) atoms. The Morgan fingerprint density at radius 3 is 2.21 bits per heavy atom. The van der Waals surface area contributed by atoms with Crippen molar-refractivity contribution in [1.82, 2.24) is 0 Å². The topological polar surface area (TPSA) is 18.5 Å². The van der Waals surface area contributed by atoms with Crippen LogP contribution in [0.5, 0.6) is 0 Å². The quantitative estimate of drug-likeness (QED) is 0.578. The van der Waals surface area contributed by atoms with Gasteiger partial charge in [-0.05, 0) is 32.9 Å². The zero-order valence-corrected chi connectivity index (χ0v) is 11.4. The third kappa shape index (κ3) is 5.78. The lowest BCUT2D eigenvalue weighted by Crippen LogP contribution is -2.41. The summed E-state index contributed by atoms with van der Waals surface area (Å²) in [6.45, 7) is 11.6. The summed E-state index contributed by atoms with van der Waals surface area (Å²) < 4.78 is 11.9. The molecule has 0 aliphatic carbocycles. The average molecular weight is 218 g/mol. The maximum absolute atomic E-state index is 6.08. The number of rotatable bonds is 8. The van der Waals surface area contributed by atoms with Crippen molar-refractivity contribution in [2.24, 2.45) is 0 Å². The zero-order valence-electron chi connectivity index (χ0n) is 10.4. The first-order chi connectivity index (χ1) is 6.58. The van der Waals surface area contributed by atoms with E-state index in [0.29, 0.717) is 6.10 Å². The van der Waals surface area contributed by atoms with Gasteiger partial charge in [0, 0.05) is 12.7 Å². The molecule has 0 saturated carbocycles. The number of hydrogen-bond acceptors (Lipinski definition) is 2. The summed E-state index contributed by atoms with van der Waals surface area (Å²) in [5.41, 5.74) is 0. The maximum Gasteiger partial charge on any atom is 0.335 e. The van der Waals surface area contributed by atoms with Gasteiger partial charge >= 0.3 is 8.56 Å². The van der Waals surface area contributed by atoms with Crippen LogP contribution in [0.25, 0.3) is 0 Å². The third-order valence-corrected chi connectivity index (χ3v) is 5.51. The molecular formula is C11H26O2Si. The molecule has 0 fully saturated rings. The molecule has 0 amide bonds. The van der Waals surface area contributed by atoms with Gasteiger partial charge in [0.15, 0.2) is 0 Å². The predicted molar refractivity (Wildman–Crippen MR) is 63.8 cm³/mol. The van der Waals surface area contributed by atoms with Gasteiger partial charge in [0.1, 0.15) is 0 Å². The van der Waals surface area contributed by atoms with Crippen LogP contribution in [0.2, 0.25) is 12.6 Å². The number of hydrogen-bond donors (Lipinski definition) is 0. The highest BCUT2D eigenvalue weighted by Crippen LogP contribution is 2.19. The summed E-state index contributed by atoms with van der Waals surface area (Å²) in [4.78, 5) is 0. The van der Waals surface area contributed by atoms with E-state index in [2.05, 4.69) is 34.2 Å². The lowest BCUT2D eigenvalue weighted by molar-refractivity contribution is 0.124. The van der Waals surface area contributed by atoms with Crippen LogP contribution in [0.1, 0.15) is 47.0 Å². The van der Waals surface area contributed by atoms with Crippen LogP contribution < -0.4 is 0 Å². The largest absolute Gasteiger partial charge is 0.395 e. The molecule has 0 bridgehead atoms. The Labute approximate surface area is 90.2 Å². The first kappa shape index (κ1) is 14.1. The molecule has 2 nitrogen and oxygen atoms in total. The van der Waals surface area contributed by atoms with Crippen molar-refractivity contribution in [2.45, 2.75) is 65.7 Å². The molecule has 86 valence electrons. The molecule has 0 aromatic rings.